The predicted molar refractivity (Wildman–Crippen MR) is 135 cm³/mol. The number of benzene rings is 3. The largest absolute Gasteiger partial charge is 0.457 e. The first-order valence-electron chi connectivity index (χ1n) is 10.9. The molecule has 1 unspecified atom stereocenters. The Bertz CT molecular complexity index is 1370. The van der Waals surface area contributed by atoms with E-state index in [-0.39, 0.29) is 27.8 Å². The van der Waals surface area contributed by atoms with Gasteiger partial charge in [-0.15, -0.1) is 0 Å². The summed E-state index contributed by atoms with van der Waals surface area (Å²) >= 11 is 6.14. The van der Waals surface area contributed by atoms with Crippen molar-refractivity contribution in [1.29, 1.82) is 0 Å². The molecule has 0 spiro atoms. The second-order valence-electron chi connectivity index (χ2n) is 8.05. The first-order chi connectivity index (χ1) is 16.8. The number of halogens is 1. The summed E-state index contributed by atoms with van der Waals surface area (Å²) in [4.78, 5) is 26.0. The van der Waals surface area contributed by atoms with Gasteiger partial charge in [0.15, 0.2) is 9.84 Å². The fourth-order valence-electron chi connectivity index (χ4n) is 3.62. The van der Waals surface area contributed by atoms with Crippen LogP contribution < -0.4 is 15.4 Å². The maximum atomic E-state index is 13.1. The van der Waals surface area contributed by atoms with Crippen molar-refractivity contribution in [2.24, 2.45) is 0 Å². The lowest BCUT2D eigenvalue weighted by atomic mass is 10.1. The van der Waals surface area contributed by atoms with Crippen LogP contribution in [0.15, 0.2) is 84.6 Å². The lowest BCUT2D eigenvalue weighted by molar-refractivity contribution is -0.118. The van der Waals surface area contributed by atoms with Crippen LogP contribution in [0.25, 0.3) is 6.08 Å². The number of nitrogens with one attached hydrogen (secondary N) is 2. The predicted octanol–water partition coefficient (Wildman–Crippen LogP) is 4.21. The van der Waals surface area contributed by atoms with E-state index < -0.39 is 27.7 Å². The molecule has 1 heterocycles. The minimum absolute atomic E-state index is 0.0157. The lowest BCUT2D eigenvalue weighted by Gasteiger charge is -2.15. The summed E-state index contributed by atoms with van der Waals surface area (Å²) in [6, 6.07) is 22.2. The van der Waals surface area contributed by atoms with E-state index in [0.717, 1.165) is 0 Å². The molecule has 0 radical (unpaired) electrons. The van der Waals surface area contributed by atoms with Gasteiger partial charge in [-0.25, -0.2) is 8.42 Å². The molecule has 1 aliphatic heterocycles. The van der Waals surface area contributed by atoms with E-state index in [1.807, 2.05) is 30.3 Å². The van der Waals surface area contributed by atoms with Crippen LogP contribution in [0, 0.1) is 0 Å². The van der Waals surface area contributed by atoms with Gasteiger partial charge >= 0.3 is 0 Å². The Labute approximate surface area is 208 Å². The molecule has 1 fully saturated rings. The fourth-order valence-corrected chi connectivity index (χ4v) is 5.52. The third-order valence-electron chi connectivity index (χ3n) is 5.33. The van der Waals surface area contributed by atoms with Crippen molar-refractivity contribution in [1.82, 2.24) is 10.6 Å². The Balaban J connectivity index is 1.60. The van der Waals surface area contributed by atoms with Gasteiger partial charge < -0.3 is 15.4 Å². The highest BCUT2D eigenvalue weighted by Gasteiger charge is 2.30. The number of sulfone groups is 1. The molecule has 9 heteroatoms. The summed E-state index contributed by atoms with van der Waals surface area (Å²) in [5.74, 6) is -0.0769. The van der Waals surface area contributed by atoms with Crippen molar-refractivity contribution in [3.05, 3.63) is 101 Å². The smallest absolute Gasteiger partial charge is 0.268 e. The van der Waals surface area contributed by atoms with Gasteiger partial charge in [0.05, 0.1) is 22.1 Å². The number of amides is 2. The highest BCUT2D eigenvalue weighted by molar-refractivity contribution is 7.91. The van der Waals surface area contributed by atoms with Crippen molar-refractivity contribution < 1.29 is 22.7 Å². The second-order valence-corrected chi connectivity index (χ2v) is 10.7. The van der Waals surface area contributed by atoms with Gasteiger partial charge in [-0.05, 0) is 54.5 Å². The van der Waals surface area contributed by atoms with Gasteiger partial charge in [-0.1, -0.05) is 54.1 Å². The van der Waals surface area contributed by atoms with Gasteiger partial charge in [0.25, 0.3) is 11.8 Å². The van der Waals surface area contributed by atoms with Crippen LogP contribution in [-0.4, -0.2) is 37.8 Å². The topological polar surface area (TPSA) is 102 Å². The fraction of sp³-hybridized carbons (Fsp3) is 0.154. The molecule has 4 rings (SSSR count). The standard InChI is InChI=1S/C26H23ClN2O5S/c27-23-12-5-4-11-22(23)25(30)29-24(26(31)28-19-13-14-35(32,33)17-19)16-18-7-6-10-21(15-18)34-20-8-2-1-3-9-20/h1-12,15-16,19H,13-14,17H2,(H,28,31)(H,29,30)/b24-16-. The summed E-state index contributed by atoms with van der Waals surface area (Å²) in [5.41, 5.74) is 0.760. The summed E-state index contributed by atoms with van der Waals surface area (Å²) in [6.45, 7) is 0. The van der Waals surface area contributed by atoms with E-state index in [1.165, 1.54) is 6.08 Å². The highest BCUT2D eigenvalue weighted by atomic mass is 35.5. The van der Waals surface area contributed by atoms with Crippen LogP contribution in [0.2, 0.25) is 5.02 Å². The monoisotopic (exact) mass is 510 g/mol. The van der Waals surface area contributed by atoms with Crippen LogP contribution in [-0.2, 0) is 14.6 Å². The van der Waals surface area contributed by atoms with Crippen LogP contribution in [0.1, 0.15) is 22.3 Å². The zero-order valence-corrected chi connectivity index (χ0v) is 20.2. The molecule has 1 atom stereocenters. The van der Waals surface area contributed by atoms with Gasteiger partial charge in [-0.3, -0.25) is 9.59 Å². The lowest BCUT2D eigenvalue weighted by Crippen LogP contribution is -2.41. The van der Waals surface area contributed by atoms with Crippen molar-refractivity contribution in [2.45, 2.75) is 12.5 Å². The highest BCUT2D eigenvalue weighted by Crippen LogP contribution is 2.23. The van der Waals surface area contributed by atoms with Gasteiger partial charge in [0.2, 0.25) is 0 Å². The number of para-hydroxylation sites is 1. The average Bonchev–Trinajstić information content (AvgIpc) is 3.17. The number of carbonyl (C=O) groups excluding carboxylic acids is 2. The second kappa shape index (κ2) is 10.8. The molecule has 3 aromatic carbocycles. The molecule has 0 saturated carbocycles. The number of hydrogen-bond acceptors (Lipinski definition) is 5. The van der Waals surface area contributed by atoms with E-state index in [4.69, 9.17) is 16.3 Å². The molecule has 0 bridgehead atoms. The Morgan fingerprint density at radius 1 is 0.943 bits per heavy atom. The maximum Gasteiger partial charge on any atom is 0.268 e. The summed E-state index contributed by atoms with van der Waals surface area (Å²) < 4.78 is 29.5. The summed E-state index contributed by atoms with van der Waals surface area (Å²) in [7, 11) is -3.19. The molecule has 0 aliphatic carbocycles. The van der Waals surface area contributed by atoms with Crippen molar-refractivity contribution in [3.8, 4) is 11.5 Å². The molecule has 1 saturated heterocycles. The Morgan fingerprint density at radius 3 is 2.37 bits per heavy atom. The first-order valence-corrected chi connectivity index (χ1v) is 13.1. The summed E-state index contributed by atoms with van der Waals surface area (Å²) in [6.07, 6.45) is 1.82. The minimum atomic E-state index is -3.19. The Morgan fingerprint density at radius 2 is 1.66 bits per heavy atom. The zero-order chi connectivity index (χ0) is 24.8. The first kappa shape index (κ1) is 24.5. The number of carbonyl (C=O) groups is 2. The van der Waals surface area contributed by atoms with Crippen molar-refractivity contribution >= 4 is 39.3 Å². The van der Waals surface area contributed by atoms with E-state index in [1.54, 1.807) is 48.5 Å². The van der Waals surface area contributed by atoms with Crippen LogP contribution >= 0.6 is 11.6 Å². The number of hydrogen-bond donors (Lipinski definition) is 2. The minimum Gasteiger partial charge on any atom is -0.457 e. The van der Waals surface area contributed by atoms with E-state index in [9.17, 15) is 18.0 Å². The number of rotatable bonds is 7. The molecule has 180 valence electrons. The zero-order valence-electron chi connectivity index (χ0n) is 18.6. The third kappa shape index (κ3) is 6.71. The van der Waals surface area contributed by atoms with Gasteiger partial charge in [0.1, 0.15) is 17.2 Å². The summed E-state index contributed by atoms with van der Waals surface area (Å²) in [5, 5.41) is 5.58. The van der Waals surface area contributed by atoms with E-state index in [0.29, 0.717) is 23.5 Å². The molecule has 0 aromatic heterocycles. The van der Waals surface area contributed by atoms with Gasteiger partial charge in [0, 0.05) is 6.04 Å². The molecule has 2 amide bonds. The normalized spacial score (nSPS) is 16.9. The van der Waals surface area contributed by atoms with Crippen molar-refractivity contribution in [3.63, 3.8) is 0 Å². The SMILES string of the molecule is O=C(NC1CCS(=O)(=O)C1)/C(=C/c1cccc(Oc2ccccc2)c1)NC(=O)c1ccccc1Cl. The third-order valence-corrected chi connectivity index (χ3v) is 7.42. The molecular formula is C26H23ClN2O5S. The quantitative estimate of drug-likeness (QED) is 0.464. The molecule has 3 aromatic rings. The Hall–Kier alpha value is -3.62. The van der Waals surface area contributed by atoms with Crippen LogP contribution in [0.5, 0.6) is 11.5 Å². The maximum absolute atomic E-state index is 13.1. The van der Waals surface area contributed by atoms with E-state index in [2.05, 4.69) is 10.6 Å². The van der Waals surface area contributed by atoms with Crippen LogP contribution in [0.4, 0.5) is 0 Å². The molecular weight excluding hydrogens is 488 g/mol. The van der Waals surface area contributed by atoms with E-state index >= 15 is 0 Å². The van der Waals surface area contributed by atoms with Gasteiger partial charge in [-0.2, -0.15) is 0 Å². The molecule has 35 heavy (non-hydrogen) atoms. The average molecular weight is 511 g/mol. The molecule has 1 aliphatic rings. The van der Waals surface area contributed by atoms with Crippen molar-refractivity contribution in [2.75, 3.05) is 11.5 Å². The Kier molecular flexibility index (Phi) is 7.53. The molecule has 7 nitrogen and oxygen atoms in total. The molecule has 2 N–H and O–H groups in total. The number of ether oxygens (including phenoxy) is 1. The van der Waals surface area contributed by atoms with Crippen LogP contribution in [0.3, 0.4) is 0 Å².